The Morgan fingerprint density at radius 3 is 2.67 bits per heavy atom. The van der Waals surface area contributed by atoms with E-state index in [-0.39, 0.29) is 0 Å². The first-order valence-electron chi connectivity index (χ1n) is 6.30. The predicted octanol–water partition coefficient (Wildman–Crippen LogP) is 2.83. The lowest BCUT2D eigenvalue weighted by Gasteiger charge is -2.18. The molecule has 2 heterocycles. The maximum absolute atomic E-state index is 4.74. The maximum atomic E-state index is 4.74. The molecular formula is C12H19N3. The molecule has 2 aliphatic rings. The van der Waals surface area contributed by atoms with Crippen LogP contribution < -0.4 is 0 Å². The summed E-state index contributed by atoms with van der Waals surface area (Å²) in [6.07, 6.45) is 9.01. The van der Waals surface area contributed by atoms with Crippen molar-refractivity contribution in [1.82, 2.24) is 14.8 Å². The van der Waals surface area contributed by atoms with Crippen molar-refractivity contribution >= 4 is 0 Å². The third-order valence-corrected chi connectivity index (χ3v) is 3.88. The summed E-state index contributed by atoms with van der Waals surface area (Å²) in [5.41, 5.74) is 0. The predicted molar refractivity (Wildman–Crippen MR) is 58.9 cm³/mol. The SMILES string of the molecule is CC1CCCc2nc(C3CCCC3)nn21. The summed E-state index contributed by atoms with van der Waals surface area (Å²) in [6.45, 7) is 2.26. The Bertz CT molecular complexity index is 350. The zero-order chi connectivity index (χ0) is 10.3. The highest BCUT2D eigenvalue weighted by Gasteiger charge is 2.25. The lowest BCUT2D eigenvalue weighted by Crippen LogP contribution is -2.16. The molecule has 15 heavy (non-hydrogen) atoms. The van der Waals surface area contributed by atoms with Gasteiger partial charge in [0, 0.05) is 12.3 Å². The monoisotopic (exact) mass is 205 g/mol. The molecule has 3 heteroatoms. The average molecular weight is 205 g/mol. The second-order valence-corrected chi connectivity index (χ2v) is 5.05. The van der Waals surface area contributed by atoms with Gasteiger partial charge >= 0.3 is 0 Å². The molecule has 1 atom stereocenters. The van der Waals surface area contributed by atoms with Crippen molar-refractivity contribution in [2.75, 3.05) is 0 Å². The molecule has 0 aromatic carbocycles. The van der Waals surface area contributed by atoms with E-state index in [2.05, 4.69) is 11.6 Å². The molecule has 3 nitrogen and oxygen atoms in total. The van der Waals surface area contributed by atoms with Crippen LogP contribution in [0.5, 0.6) is 0 Å². The molecule has 1 aliphatic heterocycles. The standard InChI is InChI=1S/C12H19N3/c1-9-5-4-8-11-13-12(14-15(9)11)10-6-2-3-7-10/h9-10H,2-8H2,1H3. The molecule has 0 amide bonds. The van der Waals surface area contributed by atoms with Crippen LogP contribution in [0.15, 0.2) is 0 Å². The van der Waals surface area contributed by atoms with Crippen LogP contribution in [0.4, 0.5) is 0 Å². The van der Waals surface area contributed by atoms with Crippen LogP contribution in [-0.2, 0) is 6.42 Å². The molecule has 1 aromatic rings. The van der Waals surface area contributed by atoms with Crippen LogP contribution in [0.3, 0.4) is 0 Å². The fourth-order valence-corrected chi connectivity index (χ4v) is 2.93. The molecular weight excluding hydrogens is 186 g/mol. The topological polar surface area (TPSA) is 30.7 Å². The van der Waals surface area contributed by atoms with Crippen molar-refractivity contribution in [2.45, 2.75) is 63.8 Å². The van der Waals surface area contributed by atoms with Crippen LogP contribution in [0.1, 0.15) is 69.1 Å². The molecule has 1 fully saturated rings. The molecule has 0 radical (unpaired) electrons. The van der Waals surface area contributed by atoms with Crippen molar-refractivity contribution in [1.29, 1.82) is 0 Å². The summed E-state index contributed by atoms with van der Waals surface area (Å²) < 4.78 is 2.18. The Morgan fingerprint density at radius 1 is 1.13 bits per heavy atom. The van der Waals surface area contributed by atoms with Crippen molar-refractivity contribution < 1.29 is 0 Å². The van der Waals surface area contributed by atoms with Crippen molar-refractivity contribution in [3.63, 3.8) is 0 Å². The summed E-state index contributed by atoms with van der Waals surface area (Å²) in [5, 5.41) is 4.72. The minimum Gasteiger partial charge on any atom is -0.247 e. The summed E-state index contributed by atoms with van der Waals surface area (Å²) in [7, 11) is 0. The minimum absolute atomic E-state index is 0.566. The van der Waals surface area contributed by atoms with Gasteiger partial charge in [-0.2, -0.15) is 5.10 Å². The third kappa shape index (κ3) is 1.58. The van der Waals surface area contributed by atoms with Gasteiger partial charge in [-0.05, 0) is 32.6 Å². The van der Waals surface area contributed by atoms with Gasteiger partial charge in [0.05, 0.1) is 6.04 Å². The van der Waals surface area contributed by atoms with Gasteiger partial charge in [-0.25, -0.2) is 9.67 Å². The van der Waals surface area contributed by atoms with E-state index in [1.54, 1.807) is 0 Å². The van der Waals surface area contributed by atoms with Gasteiger partial charge in [0.15, 0.2) is 5.82 Å². The Kier molecular flexibility index (Phi) is 2.26. The van der Waals surface area contributed by atoms with Crippen molar-refractivity contribution in [3.05, 3.63) is 11.6 Å². The van der Waals surface area contributed by atoms with Crippen LogP contribution in [0.2, 0.25) is 0 Å². The highest BCUT2D eigenvalue weighted by molar-refractivity contribution is 5.04. The quantitative estimate of drug-likeness (QED) is 0.705. The lowest BCUT2D eigenvalue weighted by molar-refractivity contribution is 0.386. The van der Waals surface area contributed by atoms with Crippen LogP contribution in [0.25, 0.3) is 0 Å². The smallest absolute Gasteiger partial charge is 0.154 e. The summed E-state index contributed by atoms with van der Waals surface area (Å²) in [4.78, 5) is 4.74. The van der Waals surface area contributed by atoms with Crippen LogP contribution in [0, 0.1) is 0 Å². The number of aryl methyl sites for hydroxylation is 1. The Morgan fingerprint density at radius 2 is 1.93 bits per heavy atom. The van der Waals surface area contributed by atoms with E-state index in [9.17, 15) is 0 Å². The Balaban J connectivity index is 1.90. The molecule has 3 rings (SSSR count). The first kappa shape index (κ1) is 9.37. The molecule has 82 valence electrons. The normalized spacial score (nSPS) is 26.9. The van der Waals surface area contributed by atoms with Crippen LogP contribution >= 0.6 is 0 Å². The summed E-state index contributed by atoms with van der Waals surface area (Å²) >= 11 is 0. The number of fused-ring (bicyclic) bond motifs is 1. The minimum atomic E-state index is 0.566. The molecule has 0 N–H and O–H groups in total. The number of hydrogen-bond acceptors (Lipinski definition) is 2. The van der Waals surface area contributed by atoms with E-state index < -0.39 is 0 Å². The second kappa shape index (κ2) is 3.62. The molecule has 0 bridgehead atoms. The molecule has 1 aliphatic carbocycles. The Hall–Kier alpha value is -0.860. The Labute approximate surface area is 90.9 Å². The van der Waals surface area contributed by atoms with E-state index in [0.29, 0.717) is 12.0 Å². The van der Waals surface area contributed by atoms with E-state index in [4.69, 9.17) is 10.1 Å². The maximum Gasteiger partial charge on any atom is 0.154 e. The molecule has 1 unspecified atom stereocenters. The fourth-order valence-electron chi connectivity index (χ4n) is 2.93. The lowest BCUT2D eigenvalue weighted by atomic mass is 10.1. The zero-order valence-electron chi connectivity index (χ0n) is 9.45. The van der Waals surface area contributed by atoms with Gasteiger partial charge in [0.1, 0.15) is 5.82 Å². The second-order valence-electron chi connectivity index (χ2n) is 5.05. The largest absolute Gasteiger partial charge is 0.247 e. The van der Waals surface area contributed by atoms with Crippen molar-refractivity contribution in [3.8, 4) is 0 Å². The molecule has 0 saturated heterocycles. The number of hydrogen-bond donors (Lipinski definition) is 0. The fraction of sp³-hybridized carbons (Fsp3) is 0.833. The first-order valence-corrected chi connectivity index (χ1v) is 6.30. The zero-order valence-corrected chi connectivity index (χ0v) is 9.45. The van der Waals surface area contributed by atoms with Crippen molar-refractivity contribution in [2.24, 2.45) is 0 Å². The number of nitrogens with zero attached hydrogens (tertiary/aromatic N) is 3. The molecule has 1 aromatic heterocycles. The van der Waals surface area contributed by atoms with E-state index in [1.807, 2.05) is 0 Å². The van der Waals surface area contributed by atoms with Gasteiger partial charge in [-0.3, -0.25) is 0 Å². The highest BCUT2D eigenvalue weighted by Crippen LogP contribution is 2.33. The van der Waals surface area contributed by atoms with Gasteiger partial charge < -0.3 is 0 Å². The van der Waals surface area contributed by atoms with E-state index >= 15 is 0 Å². The number of rotatable bonds is 1. The molecule has 0 spiro atoms. The summed E-state index contributed by atoms with van der Waals surface area (Å²) in [5.74, 6) is 3.03. The average Bonchev–Trinajstić information content (AvgIpc) is 2.86. The van der Waals surface area contributed by atoms with Gasteiger partial charge in [-0.1, -0.05) is 12.8 Å². The first-order chi connectivity index (χ1) is 7.34. The van der Waals surface area contributed by atoms with E-state index in [1.165, 1.54) is 44.3 Å². The van der Waals surface area contributed by atoms with Crippen LogP contribution in [-0.4, -0.2) is 14.8 Å². The molecule has 1 saturated carbocycles. The van der Waals surface area contributed by atoms with Gasteiger partial charge in [0.2, 0.25) is 0 Å². The summed E-state index contributed by atoms with van der Waals surface area (Å²) in [6, 6.07) is 0.566. The number of aromatic nitrogens is 3. The van der Waals surface area contributed by atoms with Gasteiger partial charge in [0.25, 0.3) is 0 Å². The highest BCUT2D eigenvalue weighted by atomic mass is 15.4. The van der Waals surface area contributed by atoms with Gasteiger partial charge in [-0.15, -0.1) is 0 Å². The third-order valence-electron chi connectivity index (χ3n) is 3.88. The van der Waals surface area contributed by atoms with E-state index in [0.717, 1.165) is 12.2 Å².